The van der Waals surface area contributed by atoms with E-state index >= 15 is 0 Å². The third-order valence-electron chi connectivity index (χ3n) is 2.35. The molecule has 0 aliphatic carbocycles. The zero-order valence-electron chi connectivity index (χ0n) is 9.81. The summed E-state index contributed by atoms with van der Waals surface area (Å²) in [6.45, 7) is 0.0276. The Bertz CT molecular complexity index is 568. The molecule has 0 aliphatic rings. The van der Waals surface area contributed by atoms with Crippen LogP contribution in [0.5, 0.6) is 0 Å². The molecule has 2 aromatic rings. The lowest BCUT2D eigenvalue weighted by atomic mass is 10.2. The predicted octanol–water partition coefficient (Wildman–Crippen LogP) is 4.34. The van der Waals surface area contributed by atoms with Gasteiger partial charge in [-0.2, -0.15) is 0 Å². The van der Waals surface area contributed by atoms with Crippen LogP contribution >= 0.6 is 23.2 Å². The highest BCUT2D eigenvalue weighted by Crippen LogP contribution is 2.24. The van der Waals surface area contributed by atoms with Crippen LogP contribution in [0.3, 0.4) is 0 Å². The fourth-order valence-corrected chi connectivity index (χ4v) is 1.90. The summed E-state index contributed by atoms with van der Waals surface area (Å²) in [4.78, 5) is 11.5. The van der Waals surface area contributed by atoms with Crippen LogP contribution in [-0.2, 0) is 16.1 Å². The number of esters is 1. The first kappa shape index (κ1) is 13.7. The molecule has 0 saturated heterocycles. The second-order valence-electron chi connectivity index (χ2n) is 3.66. The van der Waals surface area contributed by atoms with Crippen LogP contribution in [0.25, 0.3) is 6.08 Å². The average molecular weight is 297 g/mol. The van der Waals surface area contributed by atoms with Crippen LogP contribution in [0.4, 0.5) is 0 Å². The zero-order valence-corrected chi connectivity index (χ0v) is 11.3. The molecule has 0 aliphatic heterocycles. The summed E-state index contributed by atoms with van der Waals surface area (Å²) in [7, 11) is 0. The maximum absolute atomic E-state index is 11.5. The Hall–Kier alpha value is -1.71. The number of benzene rings is 1. The van der Waals surface area contributed by atoms with Crippen molar-refractivity contribution in [1.82, 2.24) is 0 Å². The minimum Gasteiger partial charge on any atom is -0.465 e. The molecule has 1 aromatic heterocycles. The normalized spacial score (nSPS) is 10.8. The maximum Gasteiger partial charge on any atom is 0.331 e. The van der Waals surface area contributed by atoms with Crippen molar-refractivity contribution in [3.63, 3.8) is 0 Å². The molecule has 0 saturated carbocycles. The van der Waals surface area contributed by atoms with Crippen molar-refractivity contribution >= 4 is 35.2 Å². The van der Waals surface area contributed by atoms with Crippen molar-refractivity contribution in [2.45, 2.75) is 6.61 Å². The van der Waals surface area contributed by atoms with Crippen molar-refractivity contribution in [1.29, 1.82) is 0 Å². The summed E-state index contributed by atoms with van der Waals surface area (Å²) in [5.41, 5.74) is 0.589. The molecule has 2 rings (SSSR count). The molecule has 0 bridgehead atoms. The first-order valence-corrected chi connectivity index (χ1v) is 6.23. The Morgan fingerprint density at radius 2 is 1.95 bits per heavy atom. The van der Waals surface area contributed by atoms with E-state index in [9.17, 15) is 4.79 Å². The fourth-order valence-electron chi connectivity index (χ4n) is 1.40. The minimum absolute atomic E-state index is 0.0276. The molecular formula is C14H10Cl2O3. The second-order valence-corrected chi connectivity index (χ2v) is 4.47. The van der Waals surface area contributed by atoms with Crippen molar-refractivity contribution < 1.29 is 13.9 Å². The van der Waals surface area contributed by atoms with E-state index in [0.717, 1.165) is 0 Å². The number of carbonyl (C=O) groups is 1. The molecule has 5 heteroatoms. The Morgan fingerprint density at radius 1 is 1.21 bits per heavy atom. The Balaban J connectivity index is 1.94. The highest BCUT2D eigenvalue weighted by atomic mass is 35.5. The second kappa shape index (κ2) is 6.45. The molecule has 0 spiro atoms. The summed E-state index contributed by atoms with van der Waals surface area (Å²) >= 11 is 11.9. The topological polar surface area (TPSA) is 39.4 Å². The van der Waals surface area contributed by atoms with Crippen molar-refractivity contribution in [3.05, 3.63) is 64.0 Å². The summed E-state index contributed by atoms with van der Waals surface area (Å²) in [6.07, 6.45) is 4.33. The van der Waals surface area contributed by atoms with Gasteiger partial charge in [0.2, 0.25) is 0 Å². The molecule has 0 unspecified atom stereocenters. The smallest absolute Gasteiger partial charge is 0.331 e. The lowest BCUT2D eigenvalue weighted by Gasteiger charge is -2.06. The van der Waals surface area contributed by atoms with E-state index in [1.807, 2.05) is 0 Å². The van der Waals surface area contributed by atoms with Crippen LogP contribution in [-0.4, -0.2) is 5.97 Å². The SMILES string of the molecule is O=C(/C=C/c1ccco1)OCc1c(Cl)cccc1Cl. The average Bonchev–Trinajstić information content (AvgIpc) is 2.89. The van der Waals surface area contributed by atoms with Gasteiger partial charge in [0.1, 0.15) is 12.4 Å². The van der Waals surface area contributed by atoms with Crippen molar-refractivity contribution in [2.24, 2.45) is 0 Å². The molecule has 0 N–H and O–H groups in total. The fraction of sp³-hybridized carbons (Fsp3) is 0.0714. The van der Waals surface area contributed by atoms with Gasteiger partial charge >= 0.3 is 5.97 Å². The van der Waals surface area contributed by atoms with Gasteiger partial charge < -0.3 is 9.15 Å². The Labute approximate surface area is 120 Å². The van der Waals surface area contributed by atoms with Gasteiger partial charge in [-0.15, -0.1) is 0 Å². The van der Waals surface area contributed by atoms with E-state index in [0.29, 0.717) is 21.4 Å². The molecule has 3 nitrogen and oxygen atoms in total. The number of rotatable bonds is 4. The lowest BCUT2D eigenvalue weighted by Crippen LogP contribution is -2.01. The first-order valence-electron chi connectivity index (χ1n) is 5.48. The number of hydrogen-bond acceptors (Lipinski definition) is 3. The van der Waals surface area contributed by atoms with E-state index in [2.05, 4.69) is 0 Å². The van der Waals surface area contributed by atoms with Crippen molar-refractivity contribution in [2.75, 3.05) is 0 Å². The van der Waals surface area contributed by atoms with Gasteiger partial charge in [-0.05, 0) is 30.3 Å². The number of ether oxygens (including phenoxy) is 1. The molecule has 1 aromatic carbocycles. The molecule has 19 heavy (non-hydrogen) atoms. The molecule has 0 radical (unpaired) electrons. The number of halogens is 2. The molecule has 1 heterocycles. The highest BCUT2D eigenvalue weighted by Gasteiger charge is 2.07. The maximum atomic E-state index is 11.5. The summed E-state index contributed by atoms with van der Waals surface area (Å²) in [6, 6.07) is 8.57. The number of furan rings is 1. The predicted molar refractivity (Wildman–Crippen MR) is 74.0 cm³/mol. The molecule has 0 fully saturated rings. The van der Waals surface area contributed by atoms with Crippen LogP contribution in [0.15, 0.2) is 47.1 Å². The van der Waals surface area contributed by atoms with Crippen LogP contribution in [0.2, 0.25) is 10.0 Å². The Kier molecular flexibility index (Phi) is 4.66. The molecular weight excluding hydrogens is 287 g/mol. The third kappa shape index (κ3) is 3.88. The standard InChI is InChI=1S/C14H10Cl2O3/c15-12-4-1-5-13(16)11(12)9-19-14(17)7-6-10-3-2-8-18-10/h1-8H,9H2/b7-6+. The van der Waals surface area contributed by atoms with E-state index < -0.39 is 5.97 Å². The lowest BCUT2D eigenvalue weighted by molar-refractivity contribution is -0.138. The molecule has 0 amide bonds. The van der Waals surface area contributed by atoms with Crippen LogP contribution in [0.1, 0.15) is 11.3 Å². The van der Waals surface area contributed by atoms with Crippen LogP contribution < -0.4 is 0 Å². The van der Waals surface area contributed by atoms with Crippen LogP contribution in [0, 0.1) is 0 Å². The summed E-state index contributed by atoms with van der Waals surface area (Å²) < 4.78 is 10.1. The van der Waals surface area contributed by atoms with Gasteiger partial charge in [0.05, 0.1) is 6.26 Å². The molecule has 98 valence electrons. The number of carbonyl (C=O) groups excluding carboxylic acids is 1. The quantitative estimate of drug-likeness (QED) is 0.622. The van der Waals surface area contributed by atoms with E-state index in [1.54, 1.807) is 30.3 Å². The van der Waals surface area contributed by atoms with E-state index in [1.165, 1.54) is 18.4 Å². The zero-order chi connectivity index (χ0) is 13.7. The van der Waals surface area contributed by atoms with Gasteiger partial charge in [0, 0.05) is 21.7 Å². The Morgan fingerprint density at radius 3 is 2.58 bits per heavy atom. The monoisotopic (exact) mass is 296 g/mol. The van der Waals surface area contributed by atoms with Gasteiger partial charge in [0.25, 0.3) is 0 Å². The highest BCUT2D eigenvalue weighted by molar-refractivity contribution is 6.35. The third-order valence-corrected chi connectivity index (χ3v) is 3.06. The van der Waals surface area contributed by atoms with Gasteiger partial charge in [-0.1, -0.05) is 29.3 Å². The molecule has 0 atom stereocenters. The summed E-state index contributed by atoms with van der Waals surface area (Å²) in [5, 5.41) is 0.936. The van der Waals surface area contributed by atoms with Gasteiger partial charge in [-0.25, -0.2) is 4.79 Å². The first-order chi connectivity index (χ1) is 9.16. The summed E-state index contributed by atoms with van der Waals surface area (Å²) in [5.74, 6) is 0.0834. The van der Waals surface area contributed by atoms with E-state index in [4.69, 9.17) is 32.4 Å². The van der Waals surface area contributed by atoms with E-state index in [-0.39, 0.29) is 6.61 Å². The largest absolute Gasteiger partial charge is 0.465 e. The number of hydrogen-bond donors (Lipinski definition) is 0. The minimum atomic E-state index is -0.493. The van der Waals surface area contributed by atoms with Gasteiger partial charge in [0.15, 0.2) is 0 Å². The van der Waals surface area contributed by atoms with Crippen molar-refractivity contribution in [3.8, 4) is 0 Å². The van der Waals surface area contributed by atoms with Gasteiger partial charge in [-0.3, -0.25) is 0 Å².